The first-order valence-corrected chi connectivity index (χ1v) is 10.1. The van der Waals surface area contributed by atoms with Gasteiger partial charge < -0.3 is 19.5 Å². The number of carbonyl (C=O) groups is 2. The number of rotatable bonds is 8. The van der Waals surface area contributed by atoms with E-state index in [0.717, 1.165) is 5.56 Å². The van der Waals surface area contributed by atoms with Crippen molar-refractivity contribution in [3.63, 3.8) is 0 Å². The highest BCUT2D eigenvalue weighted by atomic mass is 19.1. The average Bonchev–Trinajstić information content (AvgIpc) is 3.13. The molecule has 1 aromatic carbocycles. The number of hydrogen-bond acceptors (Lipinski definition) is 3. The number of urea groups is 1. The summed E-state index contributed by atoms with van der Waals surface area (Å²) in [6.07, 6.45) is 1.55. The Kier molecular flexibility index (Phi) is 8.03. The third-order valence-electron chi connectivity index (χ3n) is 4.25. The summed E-state index contributed by atoms with van der Waals surface area (Å²) in [5.41, 5.74) is 0.392. The zero-order valence-corrected chi connectivity index (χ0v) is 18.4. The zero-order chi connectivity index (χ0) is 22.3. The molecule has 3 amide bonds. The molecule has 0 fully saturated rings. The van der Waals surface area contributed by atoms with E-state index in [4.69, 9.17) is 4.42 Å². The summed E-state index contributed by atoms with van der Waals surface area (Å²) >= 11 is 0. The monoisotopic (exact) mass is 417 g/mol. The van der Waals surface area contributed by atoms with Gasteiger partial charge in [0, 0.05) is 18.6 Å². The highest BCUT2D eigenvalue weighted by molar-refractivity contribution is 5.84. The number of benzene rings is 1. The van der Waals surface area contributed by atoms with E-state index in [2.05, 4.69) is 5.32 Å². The second kappa shape index (κ2) is 10.3. The van der Waals surface area contributed by atoms with Gasteiger partial charge in [0.2, 0.25) is 5.91 Å². The molecular formula is C23H32FN3O3. The number of carbonyl (C=O) groups excluding carboxylic acids is 2. The number of hydrogen-bond donors (Lipinski definition) is 1. The van der Waals surface area contributed by atoms with E-state index < -0.39 is 5.54 Å². The number of amides is 3. The number of nitrogens with one attached hydrogen (secondary N) is 1. The average molecular weight is 418 g/mol. The Bertz CT molecular complexity index is 811. The summed E-state index contributed by atoms with van der Waals surface area (Å²) in [6, 6.07) is 9.32. The van der Waals surface area contributed by atoms with Gasteiger partial charge in [-0.25, -0.2) is 9.18 Å². The van der Waals surface area contributed by atoms with E-state index in [1.165, 1.54) is 17.0 Å². The van der Waals surface area contributed by atoms with Crippen molar-refractivity contribution in [1.29, 1.82) is 0 Å². The SMILES string of the molecule is CC(C)CN(CC(=O)N(Cc1ccc(F)cc1)Cc1ccco1)C(=O)NC(C)(C)C. The van der Waals surface area contributed by atoms with Crippen LogP contribution in [-0.4, -0.2) is 40.4 Å². The van der Waals surface area contributed by atoms with Crippen LogP contribution in [-0.2, 0) is 17.9 Å². The van der Waals surface area contributed by atoms with Crippen molar-refractivity contribution in [2.45, 2.75) is 53.2 Å². The minimum Gasteiger partial charge on any atom is -0.467 e. The first-order valence-electron chi connectivity index (χ1n) is 10.1. The second-order valence-electron chi connectivity index (χ2n) is 8.91. The smallest absolute Gasteiger partial charge is 0.318 e. The van der Waals surface area contributed by atoms with E-state index in [1.807, 2.05) is 34.6 Å². The van der Waals surface area contributed by atoms with Gasteiger partial charge >= 0.3 is 6.03 Å². The molecule has 0 aliphatic heterocycles. The topological polar surface area (TPSA) is 65.8 Å². The predicted octanol–water partition coefficient (Wildman–Crippen LogP) is 4.41. The van der Waals surface area contributed by atoms with E-state index in [1.54, 1.807) is 35.4 Å². The molecule has 0 bridgehead atoms. The Morgan fingerprint density at radius 3 is 2.27 bits per heavy atom. The van der Waals surface area contributed by atoms with Gasteiger partial charge in [0.15, 0.2) is 0 Å². The highest BCUT2D eigenvalue weighted by Gasteiger charge is 2.25. The first-order chi connectivity index (χ1) is 14.0. The highest BCUT2D eigenvalue weighted by Crippen LogP contribution is 2.13. The molecule has 0 radical (unpaired) electrons. The lowest BCUT2D eigenvalue weighted by molar-refractivity contribution is -0.133. The van der Waals surface area contributed by atoms with Crippen molar-refractivity contribution in [3.05, 3.63) is 59.8 Å². The van der Waals surface area contributed by atoms with Gasteiger partial charge in [-0.05, 0) is 56.5 Å². The number of furan rings is 1. The van der Waals surface area contributed by atoms with Crippen molar-refractivity contribution in [3.8, 4) is 0 Å². The van der Waals surface area contributed by atoms with Gasteiger partial charge in [-0.3, -0.25) is 4.79 Å². The molecule has 30 heavy (non-hydrogen) atoms. The van der Waals surface area contributed by atoms with Crippen LogP contribution in [0.3, 0.4) is 0 Å². The normalized spacial score (nSPS) is 11.4. The first kappa shape index (κ1) is 23.4. The van der Waals surface area contributed by atoms with E-state index in [0.29, 0.717) is 12.3 Å². The summed E-state index contributed by atoms with van der Waals surface area (Å²) in [6.45, 7) is 10.7. The summed E-state index contributed by atoms with van der Waals surface area (Å²) in [7, 11) is 0. The molecule has 164 valence electrons. The molecule has 0 aliphatic rings. The van der Waals surface area contributed by atoms with Crippen LogP contribution < -0.4 is 5.32 Å². The summed E-state index contributed by atoms with van der Waals surface area (Å²) < 4.78 is 18.7. The maximum Gasteiger partial charge on any atom is 0.318 e. The second-order valence-corrected chi connectivity index (χ2v) is 8.91. The molecule has 0 saturated heterocycles. The summed E-state index contributed by atoms with van der Waals surface area (Å²) in [4.78, 5) is 29.1. The van der Waals surface area contributed by atoms with E-state index in [-0.39, 0.29) is 43.3 Å². The van der Waals surface area contributed by atoms with Crippen molar-refractivity contribution < 1.29 is 18.4 Å². The molecule has 0 saturated carbocycles. The van der Waals surface area contributed by atoms with E-state index in [9.17, 15) is 14.0 Å². The Morgan fingerprint density at radius 2 is 1.73 bits per heavy atom. The van der Waals surface area contributed by atoms with E-state index >= 15 is 0 Å². The molecule has 0 spiro atoms. The van der Waals surface area contributed by atoms with Gasteiger partial charge in [0.1, 0.15) is 18.1 Å². The fourth-order valence-electron chi connectivity index (χ4n) is 2.96. The Labute approximate surface area is 178 Å². The van der Waals surface area contributed by atoms with Crippen LogP contribution in [0.1, 0.15) is 45.9 Å². The quantitative estimate of drug-likeness (QED) is 0.692. The standard InChI is InChI=1S/C23H32FN3O3/c1-17(2)13-27(22(29)25-23(3,4)5)16-21(28)26(15-20-7-6-12-30-20)14-18-8-10-19(24)11-9-18/h6-12,17H,13-16H2,1-5H3,(H,25,29). The van der Waals surface area contributed by atoms with Gasteiger partial charge in [0.25, 0.3) is 0 Å². The van der Waals surface area contributed by atoms with Crippen LogP contribution in [0.4, 0.5) is 9.18 Å². The molecule has 1 aromatic heterocycles. The molecule has 1 N–H and O–H groups in total. The molecule has 7 heteroatoms. The van der Waals surface area contributed by atoms with Crippen LogP contribution in [0.15, 0.2) is 47.1 Å². The predicted molar refractivity (Wildman–Crippen MR) is 114 cm³/mol. The lowest BCUT2D eigenvalue weighted by Gasteiger charge is -2.31. The largest absolute Gasteiger partial charge is 0.467 e. The fraction of sp³-hybridized carbons (Fsp3) is 0.478. The van der Waals surface area contributed by atoms with Crippen LogP contribution in [0.2, 0.25) is 0 Å². The summed E-state index contributed by atoms with van der Waals surface area (Å²) in [5, 5.41) is 2.93. The Balaban J connectivity index is 2.18. The van der Waals surface area contributed by atoms with Crippen LogP contribution in [0.25, 0.3) is 0 Å². The summed E-state index contributed by atoms with van der Waals surface area (Å²) in [5.74, 6) is 0.309. The Hall–Kier alpha value is -2.83. The lowest BCUT2D eigenvalue weighted by atomic mass is 10.1. The minimum atomic E-state index is -0.405. The van der Waals surface area contributed by atoms with Gasteiger partial charge in [-0.15, -0.1) is 0 Å². The molecule has 2 aromatic rings. The molecule has 0 unspecified atom stereocenters. The van der Waals surface area contributed by atoms with Crippen LogP contribution in [0.5, 0.6) is 0 Å². The maximum absolute atomic E-state index is 13.3. The third-order valence-corrected chi connectivity index (χ3v) is 4.25. The lowest BCUT2D eigenvalue weighted by Crippen LogP contribution is -2.52. The van der Waals surface area contributed by atoms with Crippen LogP contribution >= 0.6 is 0 Å². The third kappa shape index (κ3) is 7.89. The van der Waals surface area contributed by atoms with Crippen LogP contribution in [0, 0.1) is 11.7 Å². The molecule has 2 rings (SSSR count). The van der Waals surface area contributed by atoms with Gasteiger partial charge in [-0.1, -0.05) is 26.0 Å². The number of halogens is 1. The molecular weight excluding hydrogens is 385 g/mol. The van der Waals surface area contributed by atoms with Crippen molar-refractivity contribution in [2.24, 2.45) is 5.92 Å². The van der Waals surface area contributed by atoms with Crippen molar-refractivity contribution in [2.75, 3.05) is 13.1 Å². The molecule has 0 aliphatic carbocycles. The Morgan fingerprint density at radius 1 is 1.07 bits per heavy atom. The number of nitrogens with zero attached hydrogens (tertiary/aromatic N) is 2. The van der Waals surface area contributed by atoms with Crippen molar-refractivity contribution in [1.82, 2.24) is 15.1 Å². The zero-order valence-electron chi connectivity index (χ0n) is 18.4. The molecule has 0 atom stereocenters. The van der Waals surface area contributed by atoms with Gasteiger partial charge in [-0.2, -0.15) is 0 Å². The van der Waals surface area contributed by atoms with Crippen molar-refractivity contribution >= 4 is 11.9 Å². The minimum absolute atomic E-state index is 0.0536. The molecule has 1 heterocycles. The molecule has 6 nitrogen and oxygen atoms in total. The fourth-order valence-corrected chi connectivity index (χ4v) is 2.96. The maximum atomic E-state index is 13.3. The van der Waals surface area contributed by atoms with Gasteiger partial charge in [0.05, 0.1) is 12.8 Å².